The molecule has 0 saturated carbocycles. The summed E-state index contributed by atoms with van der Waals surface area (Å²) < 4.78 is 47.9. The Morgan fingerprint density at radius 2 is 2.00 bits per heavy atom. The fourth-order valence-electron chi connectivity index (χ4n) is 1.51. The maximum atomic E-state index is 11.6. The van der Waals surface area contributed by atoms with Gasteiger partial charge in [0.15, 0.2) is 0 Å². The summed E-state index contributed by atoms with van der Waals surface area (Å²) in [7, 11) is -7.72. The molecule has 1 aliphatic heterocycles. The summed E-state index contributed by atoms with van der Waals surface area (Å²) >= 11 is 0. The molecule has 2 rings (SSSR count). The highest BCUT2D eigenvalue weighted by atomic mass is 32.2. The van der Waals surface area contributed by atoms with Crippen molar-refractivity contribution in [3.63, 3.8) is 0 Å². The number of hydrogen-bond acceptors (Lipinski definition) is 5. The fourth-order valence-corrected chi connectivity index (χ4v) is 3.35. The Morgan fingerprint density at radius 3 is 2.59 bits per heavy atom. The van der Waals surface area contributed by atoms with E-state index in [-0.39, 0.29) is 15.5 Å². The van der Waals surface area contributed by atoms with Crippen molar-refractivity contribution in [1.29, 1.82) is 0 Å². The van der Waals surface area contributed by atoms with Crippen LogP contribution in [0.25, 0.3) is 0 Å². The Balaban J connectivity index is 2.85. The predicted molar refractivity (Wildman–Crippen MR) is 61.0 cm³/mol. The summed E-state index contributed by atoms with van der Waals surface area (Å²) in [5, 5.41) is 5.00. The van der Waals surface area contributed by atoms with Gasteiger partial charge in [0.2, 0.25) is 10.0 Å². The second-order valence-corrected chi connectivity index (χ2v) is 6.72. The smallest absolute Gasteiger partial charge is 0.264 e. The molecule has 0 amide bonds. The average molecular weight is 275 g/mol. The van der Waals surface area contributed by atoms with Crippen LogP contribution in [-0.4, -0.2) is 23.2 Å². The number of aryl methyl sites for hydroxylation is 1. The van der Waals surface area contributed by atoms with Crippen LogP contribution in [0.2, 0.25) is 0 Å². The average Bonchev–Trinajstić information content (AvgIpc) is 2.13. The minimum atomic E-state index is -3.96. The molecule has 0 spiro atoms. The van der Waals surface area contributed by atoms with E-state index in [9.17, 15) is 16.8 Å². The molecule has 1 aromatic carbocycles. The Morgan fingerprint density at radius 1 is 1.35 bits per heavy atom. The SMILES string of the molecule is Cc1cc2c(cc1S(N)(=O)=O)S(=O)(=O)NC=N2. The lowest BCUT2D eigenvalue weighted by Gasteiger charge is -2.14. The number of sulfonamides is 2. The summed E-state index contributed by atoms with van der Waals surface area (Å²) in [6, 6.07) is 2.38. The second kappa shape index (κ2) is 3.52. The molecule has 0 radical (unpaired) electrons. The van der Waals surface area contributed by atoms with Crippen LogP contribution in [0.1, 0.15) is 5.56 Å². The monoisotopic (exact) mass is 275 g/mol. The van der Waals surface area contributed by atoms with E-state index >= 15 is 0 Å². The molecule has 3 N–H and O–H groups in total. The predicted octanol–water partition coefficient (Wildman–Crippen LogP) is -0.406. The number of benzene rings is 1. The molecule has 0 bridgehead atoms. The molecule has 0 atom stereocenters. The van der Waals surface area contributed by atoms with Gasteiger partial charge in [0.25, 0.3) is 10.0 Å². The van der Waals surface area contributed by atoms with Gasteiger partial charge in [-0.2, -0.15) is 0 Å². The molecule has 1 aromatic rings. The van der Waals surface area contributed by atoms with Crippen molar-refractivity contribution >= 4 is 32.1 Å². The number of nitrogens with one attached hydrogen (secondary N) is 1. The first-order valence-electron chi connectivity index (χ1n) is 4.44. The molecule has 9 heteroatoms. The van der Waals surface area contributed by atoms with Gasteiger partial charge in [-0.1, -0.05) is 0 Å². The van der Waals surface area contributed by atoms with E-state index < -0.39 is 20.0 Å². The van der Waals surface area contributed by atoms with Gasteiger partial charge in [-0.05, 0) is 24.6 Å². The van der Waals surface area contributed by atoms with Crippen LogP contribution in [0, 0.1) is 6.92 Å². The van der Waals surface area contributed by atoms with Crippen LogP contribution in [0.3, 0.4) is 0 Å². The molecule has 0 saturated heterocycles. The van der Waals surface area contributed by atoms with Crippen LogP contribution >= 0.6 is 0 Å². The first-order chi connectivity index (χ1) is 7.72. The lowest BCUT2D eigenvalue weighted by atomic mass is 10.2. The van der Waals surface area contributed by atoms with Crippen molar-refractivity contribution < 1.29 is 16.8 Å². The molecule has 0 fully saturated rings. The van der Waals surface area contributed by atoms with Crippen molar-refractivity contribution in [2.75, 3.05) is 0 Å². The van der Waals surface area contributed by atoms with Crippen molar-refractivity contribution in [3.05, 3.63) is 17.7 Å². The maximum absolute atomic E-state index is 11.6. The Bertz CT molecular complexity index is 719. The van der Waals surface area contributed by atoms with Gasteiger partial charge in [-0.25, -0.2) is 27.0 Å². The molecule has 1 aliphatic rings. The molecule has 0 aliphatic carbocycles. The summed E-state index contributed by atoms with van der Waals surface area (Å²) in [4.78, 5) is 3.40. The van der Waals surface area contributed by atoms with Gasteiger partial charge in [-0.15, -0.1) is 0 Å². The van der Waals surface area contributed by atoms with E-state index in [1.54, 1.807) is 0 Å². The molecule has 0 unspecified atom stereocenters. The summed E-state index contributed by atoms with van der Waals surface area (Å²) in [6.45, 7) is 1.52. The topological polar surface area (TPSA) is 119 Å². The van der Waals surface area contributed by atoms with Crippen LogP contribution in [0.15, 0.2) is 26.9 Å². The first-order valence-corrected chi connectivity index (χ1v) is 7.47. The zero-order valence-corrected chi connectivity index (χ0v) is 10.3. The van der Waals surface area contributed by atoms with E-state index in [0.29, 0.717) is 5.56 Å². The third-order valence-electron chi connectivity index (χ3n) is 2.26. The normalized spacial score (nSPS) is 17.3. The molecular formula is C8H9N3O4S2. The first kappa shape index (κ1) is 12.0. The molecule has 1 heterocycles. The maximum Gasteiger partial charge on any atom is 0.264 e. The van der Waals surface area contributed by atoms with E-state index in [2.05, 4.69) is 9.71 Å². The molecule has 92 valence electrons. The highest BCUT2D eigenvalue weighted by molar-refractivity contribution is 7.90. The van der Waals surface area contributed by atoms with Gasteiger partial charge < -0.3 is 0 Å². The van der Waals surface area contributed by atoms with Crippen LogP contribution in [-0.2, 0) is 20.0 Å². The number of rotatable bonds is 1. The zero-order valence-electron chi connectivity index (χ0n) is 8.71. The molecule has 17 heavy (non-hydrogen) atoms. The molecular weight excluding hydrogens is 266 g/mol. The third kappa shape index (κ3) is 2.04. The molecule has 7 nitrogen and oxygen atoms in total. The number of nitrogens with zero attached hydrogens (tertiary/aromatic N) is 1. The standard InChI is InChI=1S/C8H9N3O4S2/c1-5-2-6-8(3-7(5)16(9,12)13)17(14,15)11-4-10-6/h2-4H,1H3,(H,10,11)(H2,9,12,13). The Hall–Kier alpha value is -1.45. The number of primary sulfonamides is 1. The van der Waals surface area contributed by atoms with Crippen molar-refractivity contribution in [1.82, 2.24) is 4.72 Å². The van der Waals surface area contributed by atoms with Crippen molar-refractivity contribution in [2.45, 2.75) is 16.7 Å². The van der Waals surface area contributed by atoms with Gasteiger partial charge in [-0.3, -0.25) is 4.72 Å². The van der Waals surface area contributed by atoms with Crippen LogP contribution in [0.4, 0.5) is 5.69 Å². The van der Waals surface area contributed by atoms with Gasteiger partial charge in [0, 0.05) is 0 Å². The highest BCUT2D eigenvalue weighted by Gasteiger charge is 2.25. The lowest BCUT2D eigenvalue weighted by Crippen LogP contribution is -2.25. The third-order valence-corrected chi connectivity index (χ3v) is 4.64. The zero-order chi connectivity index (χ0) is 12.8. The Labute approximate surface area is 98.5 Å². The minimum absolute atomic E-state index is 0.189. The summed E-state index contributed by atoms with van der Waals surface area (Å²) in [5.41, 5.74) is 0.536. The second-order valence-electron chi connectivity index (χ2n) is 3.51. The summed E-state index contributed by atoms with van der Waals surface area (Å²) in [5.74, 6) is 0. The number of nitrogens with two attached hydrogens (primary N) is 1. The fraction of sp³-hybridized carbons (Fsp3) is 0.125. The van der Waals surface area contributed by atoms with Crippen LogP contribution < -0.4 is 9.86 Å². The number of hydrogen-bond donors (Lipinski definition) is 2. The Kier molecular flexibility index (Phi) is 2.49. The van der Waals surface area contributed by atoms with Gasteiger partial charge in [0.1, 0.15) is 11.2 Å². The van der Waals surface area contributed by atoms with Crippen molar-refractivity contribution in [2.24, 2.45) is 10.1 Å². The number of aliphatic imine (C=N–C) groups is 1. The van der Waals surface area contributed by atoms with Crippen molar-refractivity contribution in [3.8, 4) is 0 Å². The highest BCUT2D eigenvalue weighted by Crippen LogP contribution is 2.30. The van der Waals surface area contributed by atoms with Gasteiger partial charge >= 0.3 is 0 Å². The quantitative estimate of drug-likeness (QED) is 0.724. The van der Waals surface area contributed by atoms with Gasteiger partial charge in [0.05, 0.1) is 10.6 Å². The largest absolute Gasteiger partial charge is 0.270 e. The molecule has 0 aromatic heterocycles. The number of fused-ring (bicyclic) bond motifs is 1. The minimum Gasteiger partial charge on any atom is -0.270 e. The van der Waals surface area contributed by atoms with E-state index in [0.717, 1.165) is 12.4 Å². The lowest BCUT2D eigenvalue weighted by molar-refractivity contribution is 0.591. The van der Waals surface area contributed by atoms with Crippen LogP contribution in [0.5, 0.6) is 0 Å². The van der Waals surface area contributed by atoms with E-state index in [1.165, 1.54) is 13.0 Å². The van der Waals surface area contributed by atoms with E-state index in [4.69, 9.17) is 5.14 Å². The summed E-state index contributed by atoms with van der Waals surface area (Å²) in [6.07, 6.45) is 1.04. The van der Waals surface area contributed by atoms with E-state index in [1.807, 2.05) is 0 Å².